The predicted molar refractivity (Wildman–Crippen MR) is 85.4 cm³/mol. The Morgan fingerprint density at radius 3 is 2.75 bits per heavy atom. The Kier molecular flexibility index (Phi) is 6.01. The number of thiophene rings is 1. The monoisotopic (exact) mass is 360 g/mol. The number of carbonyl (C=O) groups is 1. The second kappa shape index (κ2) is 7.54. The van der Waals surface area contributed by atoms with Crippen molar-refractivity contribution in [2.45, 2.75) is 19.9 Å². The first-order valence-electron chi connectivity index (χ1n) is 6.92. The molecule has 112 valence electrons. The molecule has 1 saturated heterocycles. The smallest absolute Gasteiger partial charge is 0.252 e. The van der Waals surface area contributed by atoms with Gasteiger partial charge in [0.05, 0.1) is 22.6 Å². The van der Waals surface area contributed by atoms with Crippen LogP contribution in [0.15, 0.2) is 15.2 Å². The summed E-state index contributed by atoms with van der Waals surface area (Å²) >= 11 is 4.91. The molecule has 1 fully saturated rings. The standard InChI is InChI=1S/C14H21BrN2O2S/c1-10(2)12(17-3-5-19-6-4-17)8-16-14(18)11-7-13(15)20-9-11/h7,9-10,12H,3-6,8H2,1-2H3,(H,16,18). The van der Waals surface area contributed by atoms with Gasteiger partial charge in [0.25, 0.3) is 5.91 Å². The zero-order chi connectivity index (χ0) is 14.5. The molecule has 1 N–H and O–H groups in total. The molecule has 0 aromatic carbocycles. The normalized spacial score (nSPS) is 18.2. The third kappa shape index (κ3) is 4.28. The molecule has 1 amide bonds. The highest BCUT2D eigenvalue weighted by atomic mass is 79.9. The average molecular weight is 361 g/mol. The van der Waals surface area contributed by atoms with Gasteiger partial charge in [0.15, 0.2) is 0 Å². The van der Waals surface area contributed by atoms with Crippen LogP contribution in [0.5, 0.6) is 0 Å². The van der Waals surface area contributed by atoms with Gasteiger partial charge < -0.3 is 10.1 Å². The van der Waals surface area contributed by atoms with E-state index in [-0.39, 0.29) is 5.91 Å². The molecular weight excluding hydrogens is 340 g/mol. The van der Waals surface area contributed by atoms with Crippen LogP contribution in [0.4, 0.5) is 0 Å². The van der Waals surface area contributed by atoms with Gasteiger partial charge in [0.1, 0.15) is 0 Å². The third-order valence-electron chi connectivity index (χ3n) is 3.59. The molecule has 4 nitrogen and oxygen atoms in total. The fourth-order valence-corrected chi connectivity index (χ4v) is 3.56. The largest absolute Gasteiger partial charge is 0.379 e. The van der Waals surface area contributed by atoms with Crippen molar-refractivity contribution >= 4 is 33.2 Å². The first-order valence-corrected chi connectivity index (χ1v) is 8.59. The number of ether oxygens (including phenoxy) is 1. The highest BCUT2D eigenvalue weighted by Crippen LogP contribution is 2.20. The van der Waals surface area contributed by atoms with E-state index in [1.807, 2.05) is 11.4 Å². The maximum atomic E-state index is 12.1. The molecule has 1 aromatic heterocycles. The number of hydrogen-bond donors (Lipinski definition) is 1. The maximum absolute atomic E-state index is 12.1. The number of halogens is 1. The Morgan fingerprint density at radius 2 is 2.20 bits per heavy atom. The maximum Gasteiger partial charge on any atom is 0.252 e. The van der Waals surface area contributed by atoms with E-state index in [1.54, 1.807) is 0 Å². The Morgan fingerprint density at radius 1 is 1.50 bits per heavy atom. The molecule has 6 heteroatoms. The van der Waals surface area contributed by atoms with Crippen LogP contribution >= 0.6 is 27.3 Å². The second-order valence-corrected chi connectivity index (χ2v) is 7.60. The molecule has 0 spiro atoms. The van der Waals surface area contributed by atoms with Crippen molar-refractivity contribution < 1.29 is 9.53 Å². The van der Waals surface area contributed by atoms with Crippen LogP contribution in [0.3, 0.4) is 0 Å². The zero-order valence-corrected chi connectivity index (χ0v) is 14.3. The summed E-state index contributed by atoms with van der Waals surface area (Å²) in [7, 11) is 0. The predicted octanol–water partition coefficient (Wildman–Crippen LogP) is 2.60. The minimum absolute atomic E-state index is 0.00543. The van der Waals surface area contributed by atoms with Crippen molar-refractivity contribution in [1.29, 1.82) is 0 Å². The summed E-state index contributed by atoms with van der Waals surface area (Å²) in [6, 6.07) is 2.23. The molecule has 0 aliphatic carbocycles. The Balaban J connectivity index is 1.90. The Hall–Kier alpha value is -0.430. The fourth-order valence-electron chi connectivity index (χ4n) is 2.42. The van der Waals surface area contributed by atoms with E-state index < -0.39 is 0 Å². The molecule has 20 heavy (non-hydrogen) atoms. The number of nitrogens with zero attached hydrogens (tertiary/aromatic N) is 1. The molecule has 1 atom stereocenters. The van der Waals surface area contributed by atoms with E-state index in [1.165, 1.54) is 11.3 Å². The summed E-state index contributed by atoms with van der Waals surface area (Å²) in [6.45, 7) is 8.56. The summed E-state index contributed by atoms with van der Waals surface area (Å²) in [6.07, 6.45) is 0. The highest BCUT2D eigenvalue weighted by molar-refractivity contribution is 9.11. The lowest BCUT2D eigenvalue weighted by atomic mass is 10.0. The average Bonchev–Trinajstić information content (AvgIpc) is 2.86. The zero-order valence-electron chi connectivity index (χ0n) is 11.9. The van der Waals surface area contributed by atoms with Crippen molar-refractivity contribution in [2.75, 3.05) is 32.8 Å². The van der Waals surface area contributed by atoms with Gasteiger partial charge in [0.2, 0.25) is 0 Å². The van der Waals surface area contributed by atoms with Crippen LogP contribution in [0.1, 0.15) is 24.2 Å². The van der Waals surface area contributed by atoms with Gasteiger partial charge in [-0.15, -0.1) is 11.3 Å². The molecule has 1 aromatic rings. The summed E-state index contributed by atoms with van der Waals surface area (Å²) < 4.78 is 6.38. The third-order valence-corrected chi connectivity index (χ3v) is 5.09. The highest BCUT2D eigenvalue weighted by Gasteiger charge is 2.24. The second-order valence-electron chi connectivity index (χ2n) is 5.31. The van der Waals surface area contributed by atoms with Crippen molar-refractivity contribution in [2.24, 2.45) is 5.92 Å². The molecule has 1 aliphatic heterocycles. The summed E-state index contributed by atoms with van der Waals surface area (Å²) in [5.74, 6) is 0.508. The minimum Gasteiger partial charge on any atom is -0.379 e. The van der Waals surface area contributed by atoms with Crippen molar-refractivity contribution in [3.8, 4) is 0 Å². The Bertz CT molecular complexity index is 444. The van der Waals surface area contributed by atoms with Crippen LogP contribution in [0.25, 0.3) is 0 Å². The molecule has 1 unspecified atom stereocenters. The lowest BCUT2D eigenvalue weighted by molar-refractivity contribution is 0.00673. The first-order chi connectivity index (χ1) is 9.58. The van der Waals surface area contributed by atoms with Gasteiger partial charge in [-0.2, -0.15) is 0 Å². The van der Waals surface area contributed by atoms with Crippen LogP contribution in [-0.4, -0.2) is 49.7 Å². The van der Waals surface area contributed by atoms with E-state index in [4.69, 9.17) is 4.74 Å². The van der Waals surface area contributed by atoms with Crippen molar-refractivity contribution in [1.82, 2.24) is 10.2 Å². The van der Waals surface area contributed by atoms with Gasteiger partial charge in [0, 0.05) is 31.1 Å². The molecule has 2 heterocycles. The molecular formula is C14H21BrN2O2S. The summed E-state index contributed by atoms with van der Waals surface area (Å²) in [5.41, 5.74) is 0.728. The fraction of sp³-hybridized carbons (Fsp3) is 0.643. The first kappa shape index (κ1) is 15.9. The van der Waals surface area contributed by atoms with Crippen LogP contribution < -0.4 is 5.32 Å². The van der Waals surface area contributed by atoms with Crippen LogP contribution in [-0.2, 0) is 4.74 Å². The topological polar surface area (TPSA) is 41.6 Å². The number of amides is 1. The van der Waals surface area contributed by atoms with Gasteiger partial charge in [-0.25, -0.2) is 0 Å². The Labute approximate surface area is 132 Å². The van der Waals surface area contributed by atoms with Gasteiger partial charge in [-0.3, -0.25) is 9.69 Å². The van der Waals surface area contributed by atoms with Crippen LogP contribution in [0.2, 0.25) is 0 Å². The van der Waals surface area contributed by atoms with Gasteiger partial charge >= 0.3 is 0 Å². The van der Waals surface area contributed by atoms with E-state index >= 15 is 0 Å². The number of carbonyl (C=O) groups excluding carboxylic acids is 1. The molecule has 1 aliphatic rings. The SMILES string of the molecule is CC(C)C(CNC(=O)c1csc(Br)c1)N1CCOCC1. The number of morpholine rings is 1. The summed E-state index contributed by atoms with van der Waals surface area (Å²) in [4.78, 5) is 14.5. The molecule has 0 radical (unpaired) electrons. The van der Waals surface area contributed by atoms with Crippen LogP contribution in [0, 0.1) is 5.92 Å². The molecule has 0 bridgehead atoms. The quantitative estimate of drug-likeness (QED) is 0.877. The number of rotatable bonds is 5. The van der Waals surface area contributed by atoms with E-state index in [9.17, 15) is 4.79 Å². The molecule has 2 rings (SSSR count). The van der Waals surface area contributed by atoms with E-state index in [0.29, 0.717) is 18.5 Å². The van der Waals surface area contributed by atoms with Crippen molar-refractivity contribution in [3.63, 3.8) is 0 Å². The molecule has 0 saturated carbocycles. The van der Waals surface area contributed by atoms with Gasteiger partial charge in [-0.05, 0) is 27.9 Å². The van der Waals surface area contributed by atoms with E-state index in [2.05, 4.69) is 40.0 Å². The minimum atomic E-state index is 0.00543. The number of hydrogen-bond acceptors (Lipinski definition) is 4. The lowest BCUT2D eigenvalue weighted by Gasteiger charge is -2.36. The van der Waals surface area contributed by atoms with Gasteiger partial charge in [-0.1, -0.05) is 13.8 Å². The summed E-state index contributed by atoms with van der Waals surface area (Å²) in [5, 5.41) is 4.93. The lowest BCUT2D eigenvalue weighted by Crippen LogP contribution is -2.51. The van der Waals surface area contributed by atoms with E-state index in [0.717, 1.165) is 35.7 Å². The number of nitrogens with one attached hydrogen (secondary N) is 1. The van der Waals surface area contributed by atoms with Crippen molar-refractivity contribution in [3.05, 3.63) is 20.8 Å².